The highest BCUT2D eigenvalue weighted by molar-refractivity contribution is 5.92. The van der Waals surface area contributed by atoms with E-state index in [9.17, 15) is 4.79 Å². The number of aromatic nitrogens is 2. The maximum Gasteiger partial charge on any atom is 0.240 e. The second-order valence-corrected chi connectivity index (χ2v) is 5.66. The largest absolute Gasteiger partial charge is 0.338 e. The molecule has 6 nitrogen and oxygen atoms in total. The summed E-state index contributed by atoms with van der Waals surface area (Å²) in [6.07, 6.45) is 1.91. The van der Waals surface area contributed by atoms with Crippen LogP contribution in [0.15, 0.2) is 34.9 Å². The molecule has 1 atom stereocenters. The Hall–Kier alpha value is -2.21. The Morgan fingerprint density at radius 1 is 1.41 bits per heavy atom. The van der Waals surface area contributed by atoms with E-state index in [2.05, 4.69) is 20.4 Å². The van der Waals surface area contributed by atoms with Crippen molar-refractivity contribution in [3.63, 3.8) is 0 Å². The van der Waals surface area contributed by atoms with Crippen molar-refractivity contribution < 1.29 is 9.32 Å². The van der Waals surface area contributed by atoms with Crippen molar-refractivity contribution in [3.05, 3.63) is 42.0 Å². The van der Waals surface area contributed by atoms with Gasteiger partial charge in [-0.05, 0) is 38.4 Å². The molecule has 1 aromatic heterocycles. The maximum atomic E-state index is 12.4. The van der Waals surface area contributed by atoms with Crippen molar-refractivity contribution in [1.82, 2.24) is 15.0 Å². The van der Waals surface area contributed by atoms with Gasteiger partial charge in [-0.3, -0.25) is 9.69 Å². The number of nitrogens with zero attached hydrogens (tertiary/aromatic N) is 3. The van der Waals surface area contributed by atoms with Gasteiger partial charge in [-0.15, -0.1) is 0 Å². The van der Waals surface area contributed by atoms with Crippen molar-refractivity contribution in [3.8, 4) is 0 Å². The van der Waals surface area contributed by atoms with Crippen LogP contribution in [-0.4, -0.2) is 34.0 Å². The van der Waals surface area contributed by atoms with Crippen molar-refractivity contribution in [2.75, 3.05) is 18.4 Å². The van der Waals surface area contributed by atoms with Gasteiger partial charge in [0.1, 0.15) is 0 Å². The quantitative estimate of drug-likeness (QED) is 0.937. The fourth-order valence-corrected chi connectivity index (χ4v) is 2.77. The van der Waals surface area contributed by atoms with E-state index in [1.807, 2.05) is 30.3 Å². The average molecular weight is 300 g/mol. The topological polar surface area (TPSA) is 71.3 Å². The minimum absolute atomic E-state index is 0.00188. The smallest absolute Gasteiger partial charge is 0.240 e. The van der Waals surface area contributed by atoms with Crippen molar-refractivity contribution in [2.24, 2.45) is 5.92 Å². The molecule has 2 heterocycles. The zero-order valence-electron chi connectivity index (χ0n) is 12.7. The van der Waals surface area contributed by atoms with Gasteiger partial charge in [-0.1, -0.05) is 23.4 Å². The van der Waals surface area contributed by atoms with Crippen LogP contribution in [0.4, 0.5) is 5.69 Å². The van der Waals surface area contributed by atoms with Crippen molar-refractivity contribution >= 4 is 11.6 Å². The molecule has 116 valence electrons. The lowest BCUT2D eigenvalue weighted by Gasteiger charge is -2.30. The first-order valence-corrected chi connectivity index (χ1v) is 7.58. The Bertz CT molecular complexity index is 626. The number of rotatable bonds is 4. The van der Waals surface area contributed by atoms with Crippen molar-refractivity contribution in [1.29, 1.82) is 0 Å². The zero-order chi connectivity index (χ0) is 15.4. The summed E-state index contributed by atoms with van der Waals surface area (Å²) < 4.78 is 5.16. The molecule has 1 unspecified atom stereocenters. The SMILES string of the molecule is Cc1noc(CN2CCCC(C(=O)Nc3ccccc3)C2)n1. The van der Waals surface area contributed by atoms with Crippen LogP contribution in [0.2, 0.25) is 0 Å². The Kier molecular flexibility index (Phi) is 4.48. The summed E-state index contributed by atoms with van der Waals surface area (Å²) in [4.78, 5) is 18.8. The molecule has 1 amide bonds. The van der Waals surface area contributed by atoms with Gasteiger partial charge in [0.2, 0.25) is 11.8 Å². The number of anilines is 1. The third-order valence-electron chi connectivity index (χ3n) is 3.85. The average Bonchev–Trinajstić information content (AvgIpc) is 2.93. The van der Waals surface area contributed by atoms with Gasteiger partial charge in [0, 0.05) is 12.2 Å². The minimum Gasteiger partial charge on any atom is -0.338 e. The van der Waals surface area contributed by atoms with Crippen LogP contribution >= 0.6 is 0 Å². The van der Waals surface area contributed by atoms with Gasteiger partial charge in [-0.2, -0.15) is 4.98 Å². The monoisotopic (exact) mass is 300 g/mol. The van der Waals surface area contributed by atoms with E-state index < -0.39 is 0 Å². The summed E-state index contributed by atoms with van der Waals surface area (Å²) in [6, 6.07) is 9.57. The molecule has 1 aliphatic rings. The molecule has 1 aromatic carbocycles. The third kappa shape index (κ3) is 3.71. The first-order chi connectivity index (χ1) is 10.7. The second kappa shape index (κ2) is 6.70. The highest BCUT2D eigenvalue weighted by atomic mass is 16.5. The summed E-state index contributed by atoms with van der Waals surface area (Å²) in [5.41, 5.74) is 0.845. The van der Waals surface area contributed by atoms with Crippen LogP contribution in [0.1, 0.15) is 24.6 Å². The number of carbonyl (C=O) groups is 1. The Labute approximate surface area is 129 Å². The lowest BCUT2D eigenvalue weighted by Crippen LogP contribution is -2.40. The molecule has 1 fully saturated rings. The van der Waals surface area contributed by atoms with Crippen LogP contribution in [0, 0.1) is 12.8 Å². The predicted molar refractivity (Wildman–Crippen MR) is 82.1 cm³/mol. The molecule has 1 aliphatic heterocycles. The van der Waals surface area contributed by atoms with E-state index >= 15 is 0 Å². The van der Waals surface area contributed by atoms with Crippen LogP contribution in [0.25, 0.3) is 0 Å². The molecule has 6 heteroatoms. The van der Waals surface area contributed by atoms with E-state index in [-0.39, 0.29) is 11.8 Å². The van der Waals surface area contributed by atoms with E-state index in [4.69, 9.17) is 4.52 Å². The van der Waals surface area contributed by atoms with E-state index in [1.165, 1.54) is 0 Å². The molecular formula is C16H20N4O2. The van der Waals surface area contributed by atoms with Crippen LogP contribution < -0.4 is 5.32 Å². The number of hydrogen-bond donors (Lipinski definition) is 1. The van der Waals surface area contributed by atoms with Crippen LogP contribution in [0.3, 0.4) is 0 Å². The number of carbonyl (C=O) groups excluding carboxylic acids is 1. The van der Waals surface area contributed by atoms with E-state index in [0.29, 0.717) is 18.3 Å². The number of piperidine rings is 1. The number of nitrogens with one attached hydrogen (secondary N) is 1. The number of amides is 1. The first kappa shape index (κ1) is 14.7. The summed E-state index contributed by atoms with van der Waals surface area (Å²) in [6.45, 7) is 4.09. The number of likely N-dealkylation sites (tertiary alicyclic amines) is 1. The standard InChI is InChI=1S/C16H20N4O2/c1-12-17-15(22-19-12)11-20-9-5-6-13(10-20)16(21)18-14-7-3-2-4-8-14/h2-4,7-8,13H,5-6,9-11H2,1H3,(H,18,21). The molecule has 0 spiro atoms. The van der Waals surface area contributed by atoms with Gasteiger partial charge in [0.05, 0.1) is 12.5 Å². The molecule has 3 rings (SSSR count). The summed E-state index contributed by atoms with van der Waals surface area (Å²) in [5.74, 6) is 1.34. The normalized spacial score (nSPS) is 19.0. The molecule has 1 N–H and O–H groups in total. The second-order valence-electron chi connectivity index (χ2n) is 5.66. The summed E-state index contributed by atoms with van der Waals surface area (Å²) >= 11 is 0. The molecule has 1 saturated heterocycles. The van der Waals surface area contributed by atoms with Crippen LogP contribution in [-0.2, 0) is 11.3 Å². The lowest BCUT2D eigenvalue weighted by molar-refractivity contribution is -0.121. The first-order valence-electron chi connectivity index (χ1n) is 7.58. The van der Waals surface area contributed by atoms with E-state index in [1.54, 1.807) is 6.92 Å². The number of hydrogen-bond acceptors (Lipinski definition) is 5. The number of para-hydroxylation sites is 1. The third-order valence-corrected chi connectivity index (χ3v) is 3.85. The zero-order valence-corrected chi connectivity index (χ0v) is 12.7. The Morgan fingerprint density at radius 2 is 2.23 bits per heavy atom. The molecule has 2 aromatic rings. The molecule has 0 bridgehead atoms. The molecule has 0 radical (unpaired) electrons. The number of aryl methyl sites for hydroxylation is 1. The summed E-state index contributed by atoms with van der Waals surface area (Å²) in [5, 5.41) is 6.78. The predicted octanol–water partition coefficient (Wildman–Crippen LogP) is 2.23. The maximum absolute atomic E-state index is 12.4. The van der Waals surface area contributed by atoms with Gasteiger partial charge >= 0.3 is 0 Å². The van der Waals surface area contributed by atoms with Gasteiger partial charge in [0.15, 0.2) is 5.82 Å². The Morgan fingerprint density at radius 3 is 2.95 bits per heavy atom. The molecular weight excluding hydrogens is 280 g/mol. The lowest BCUT2D eigenvalue weighted by atomic mass is 9.97. The minimum atomic E-state index is -0.00188. The highest BCUT2D eigenvalue weighted by Gasteiger charge is 2.26. The summed E-state index contributed by atoms with van der Waals surface area (Å²) in [7, 11) is 0. The Balaban J connectivity index is 1.57. The molecule has 0 aliphatic carbocycles. The van der Waals surface area contributed by atoms with Gasteiger partial charge in [-0.25, -0.2) is 0 Å². The van der Waals surface area contributed by atoms with Crippen LogP contribution in [0.5, 0.6) is 0 Å². The van der Waals surface area contributed by atoms with Crippen molar-refractivity contribution in [2.45, 2.75) is 26.3 Å². The fraction of sp³-hybridized carbons (Fsp3) is 0.438. The van der Waals surface area contributed by atoms with E-state index in [0.717, 1.165) is 31.6 Å². The van der Waals surface area contributed by atoms with Gasteiger partial charge < -0.3 is 9.84 Å². The molecule has 0 saturated carbocycles. The molecule has 22 heavy (non-hydrogen) atoms. The fourth-order valence-electron chi connectivity index (χ4n) is 2.77. The number of benzene rings is 1. The highest BCUT2D eigenvalue weighted by Crippen LogP contribution is 2.20. The van der Waals surface area contributed by atoms with Gasteiger partial charge in [0.25, 0.3) is 0 Å².